The van der Waals surface area contributed by atoms with Gasteiger partial charge in [0.1, 0.15) is 10.4 Å². The lowest BCUT2D eigenvalue weighted by atomic mass is 10.3. The van der Waals surface area contributed by atoms with E-state index in [2.05, 4.69) is 36.8 Å². The van der Waals surface area contributed by atoms with E-state index >= 15 is 0 Å². The lowest BCUT2D eigenvalue weighted by Gasteiger charge is -2.06. The molecular formula is C11H7Br2NO. The quantitative estimate of drug-likeness (QED) is 0.762. The van der Waals surface area contributed by atoms with E-state index in [1.54, 1.807) is 6.20 Å². The number of nitrogens with zero attached hydrogens (tertiary/aromatic N) is 1. The maximum atomic E-state index is 5.63. The van der Waals surface area contributed by atoms with Crippen LogP contribution in [-0.2, 0) is 0 Å². The fraction of sp³-hybridized carbons (Fsp3) is 0. The Morgan fingerprint density at radius 1 is 1.07 bits per heavy atom. The molecule has 0 aliphatic carbocycles. The highest BCUT2D eigenvalue weighted by Gasteiger charge is 2.03. The number of pyridine rings is 1. The van der Waals surface area contributed by atoms with Gasteiger partial charge in [-0.1, -0.05) is 18.2 Å². The first-order valence-electron chi connectivity index (χ1n) is 4.29. The summed E-state index contributed by atoms with van der Waals surface area (Å²) in [5.41, 5.74) is 0. The highest BCUT2D eigenvalue weighted by Crippen LogP contribution is 2.30. The van der Waals surface area contributed by atoms with Crippen LogP contribution in [0, 0.1) is 0 Å². The Labute approximate surface area is 105 Å². The van der Waals surface area contributed by atoms with Gasteiger partial charge < -0.3 is 4.74 Å². The Kier molecular flexibility index (Phi) is 3.38. The predicted octanol–water partition coefficient (Wildman–Crippen LogP) is 4.40. The average Bonchev–Trinajstić information content (AvgIpc) is 2.24. The molecule has 0 atom stereocenters. The van der Waals surface area contributed by atoms with Crippen LogP contribution in [0.25, 0.3) is 0 Å². The molecule has 0 radical (unpaired) electrons. The number of rotatable bonds is 2. The van der Waals surface area contributed by atoms with Crippen LogP contribution >= 0.6 is 31.9 Å². The molecule has 0 fully saturated rings. The first kappa shape index (κ1) is 10.6. The maximum Gasteiger partial charge on any atom is 0.159 e. The van der Waals surface area contributed by atoms with E-state index in [1.807, 2.05) is 36.4 Å². The second-order valence-electron chi connectivity index (χ2n) is 2.85. The molecule has 0 saturated carbocycles. The van der Waals surface area contributed by atoms with Crippen LogP contribution in [-0.4, -0.2) is 4.98 Å². The van der Waals surface area contributed by atoms with Crippen LogP contribution in [0.1, 0.15) is 0 Å². The number of halogens is 2. The summed E-state index contributed by atoms with van der Waals surface area (Å²) in [4.78, 5) is 4.10. The van der Waals surface area contributed by atoms with E-state index in [9.17, 15) is 0 Å². The van der Waals surface area contributed by atoms with Crippen LogP contribution in [0.15, 0.2) is 51.7 Å². The Morgan fingerprint density at radius 3 is 2.47 bits per heavy atom. The van der Waals surface area contributed by atoms with E-state index in [1.165, 1.54) is 0 Å². The summed E-state index contributed by atoms with van der Waals surface area (Å²) in [7, 11) is 0. The van der Waals surface area contributed by atoms with Crippen molar-refractivity contribution >= 4 is 31.9 Å². The lowest BCUT2D eigenvalue weighted by Crippen LogP contribution is -1.86. The van der Waals surface area contributed by atoms with Gasteiger partial charge in [0.25, 0.3) is 0 Å². The minimum absolute atomic E-state index is 0.699. The van der Waals surface area contributed by atoms with Crippen LogP contribution in [0.2, 0.25) is 0 Å². The Hall–Kier alpha value is -0.870. The number of para-hydroxylation sites is 1. The van der Waals surface area contributed by atoms with Gasteiger partial charge in [-0.25, -0.2) is 4.98 Å². The summed E-state index contributed by atoms with van der Waals surface area (Å²) in [5.74, 6) is 1.49. The highest BCUT2D eigenvalue weighted by atomic mass is 79.9. The fourth-order valence-electron chi connectivity index (χ4n) is 1.09. The first-order valence-corrected chi connectivity index (χ1v) is 5.88. The smallest absolute Gasteiger partial charge is 0.159 e. The van der Waals surface area contributed by atoms with Gasteiger partial charge in [0.05, 0.1) is 10.7 Å². The summed E-state index contributed by atoms with van der Waals surface area (Å²) in [6, 6.07) is 11.4. The molecule has 0 amide bonds. The van der Waals surface area contributed by atoms with Crippen LogP contribution in [0.3, 0.4) is 0 Å². The molecule has 0 unspecified atom stereocenters. The third-order valence-corrected chi connectivity index (χ3v) is 2.81. The summed E-state index contributed by atoms with van der Waals surface area (Å²) in [6.07, 6.45) is 1.67. The van der Waals surface area contributed by atoms with Crippen molar-refractivity contribution < 1.29 is 4.74 Å². The van der Waals surface area contributed by atoms with E-state index in [-0.39, 0.29) is 0 Å². The molecule has 0 saturated heterocycles. The Bertz CT molecular complexity index is 459. The molecule has 15 heavy (non-hydrogen) atoms. The van der Waals surface area contributed by atoms with E-state index < -0.39 is 0 Å². The van der Waals surface area contributed by atoms with Crippen molar-refractivity contribution in [3.05, 3.63) is 51.7 Å². The van der Waals surface area contributed by atoms with Crippen LogP contribution in [0.5, 0.6) is 11.5 Å². The van der Waals surface area contributed by atoms with Gasteiger partial charge >= 0.3 is 0 Å². The summed E-state index contributed by atoms with van der Waals surface area (Å²) >= 11 is 6.69. The van der Waals surface area contributed by atoms with Gasteiger partial charge in [0.15, 0.2) is 5.75 Å². The largest absolute Gasteiger partial charge is 0.455 e. The normalized spacial score (nSPS) is 10.0. The third-order valence-electron chi connectivity index (χ3n) is 1.76. The van der Waals surface area contributed by atoms with Crippen molar-refractivity contribution in [2.45, 2.75) is 0 Å². The van der Waals surface area contributed by atoms with Gasteiger partial charge in [-0.2, -0.15) is 0 Å². The number of benzene rings is 1. The van der Waals surface area contributed by atoms with E-state index in [0.717, 1.165) is 14.8 Å². The zero-order valence-electron chi connectivity index (χ0n) is 7.65. The van der Waals surface area contributed by atoms with Crippen molar-refractivity contribution in [2.75, 3.05) is 0 Å². The molecule has 0 spiro atoms. The van der Waals surface area contributed by atoms with Crippen LogP contribution in [0.4, 0.5) is 0 Å². The molecule has 1 aromatic heterocycles. The predicted molar refractivity (Wildman–Crippen MR) is 66.2 cm³/mol. The SMILES string of the molecule is Brc1cc(Br)c(Oc2ccccc2)cn1. The van der Waals surface area contributed by atoms with Gasteiger partial charge in [-0.05, 0) is 50.1 Å². The lowest BCUT2D eigenvalue weighted by molar-refractivity contribution is 0.477. The second-order valence-corrected chi connectivity index (χ2v) is 4.52. The van der Waals surface area contributed by atoms with Crippen molar-refractivity contribution in [2.24, 2.45) is 0 Å². The zero-order valence-corrected chi connectivity index (χ0v) is 10.8. The highest BCUT2D eigenvalue weighted by molar-refractivity contribution is 9.11. The summed E-state index contributed by atoms with van der Waals surface area (Å²) < 4.78 is 7.28. The monoisotopic (exact) mass is 327 g/mol. The Balaban J connectivity index is 2.25. The van der Waals surface area contributed by atoms with Crippen molar-refractivity contribution in [3.63, 3.8) is 0 Å². The number of ether oxygens (including phenoxy) is 1. The minimum Gasteiger partial charge on any atom is -0.455 e. The van der Waals surface area contributed by atoms with Crippen molar-refractivity contribution in [1.82, 2.24) is 4.98 Å². The molecule has 0 bridgehead atoms. The van der Waals surface area contributed by atoms with Gasteiger partial charge in [-0.15, -0.1) is 0 Å². The maximum absolute atomic E-state index is 5.63. The van der Waals surface area contributed by atoms with Gasteiger partial charge in [0, 0.05) is 0 Å². The van der Waals surface area contributed by atoms with Crippen molar-refractivity contribution in [3.8, 4) is 11.5 Å². The minimum atomic E-state index is 0.699. The molecule has 0 aliphatic rings. The molecule has 0 N–H and O–H groups in total. The number of aromatic nitrogens is 1. The molecular weight excluding hydrogens is 322 g/mol. The van der Waals surface area contributed by atoms with Crippen LogP contribution < -0.4 is 4.74 Å². The summed E-state index contributed by atoms with van der Waals surface area (Å²) in [6.45, 7) is 0. The molecule has 2 aromatic rings. The first-order chi connectivity index (χ1) is 7.25. The van der Waals surface area contributed by atoms with Crippen molar-refractivity contribution in [1.29, 1.82) is 0 Å². The van der Waals surface area contributed by atoms with Gasteiger partial charge in [0.2, 0.25) is 0 Å². The molecule has 76 valence electrons. The number of hydrogen-bond acceptors (Lipinski definition) is 2. The molecule has 1 aromatic carbocycles. The van der Waals surface area contributed by atoms with Gasteiger partial charge in [-0.3, -0.25) is 0 Å². The molecule has 1 heterocycles. The number of hydrogen-bond donors (Lipinski definition) is 0. The average molecular weight is 329 g/mol. The van der Waals surface area contributed by atoms with E-state index in [4.69, 9.17) is 4.74 Å². The van der Waals surface area contributed by atoms with E-state index in [0.29, 0.717) is 5.75 Å². The standard InChI is InChI=1S/C11H7Br2NO/c12-9-6-11(13)14-7-10(9)15-8-4-2-1-3-5-8/h1-7H. The fourth-order valence-corrected chi connectivity index (χ4v) is 2.12. The molecule has 2 nitrogen and oxygen atoms in total. The second kappa shape index (κ2) is 4.77. The third kappa shape index (κ3) is 2.79. The molecule has 2 rings (SSSR count). The Morgan fingerprint density at radius 2 is 1.80 bits per heavy atom. The molecule has 4 heteroatoms. The topological polar surface area (TPSA) is 22.1 Å². The zero-order chi connectivity index (χ0) is 10.7. The summed E-state index contributed by atoms with van der Waals surface area (Å²) in [5, 5.41) is 0. The molecule has 0 aliphatic heterocycles.